The van der Waals surface area contributed by atoms with E-state index >= 15 is 14.4 Å². The molecule has 7 amide bonds. The van der Waals surface area contributed by atoms with Gasteiger partial charge in [-0.25, -0.2) is 0 Å². The number of nitrogens with one attached hydrogen (secondary N) is 6. The molecule has 0 aliphatic carbocycles. The molecule has 5 aromatic carbocycles. The lowest BCUT2D eigenvalue weighted by molar-refractivity contribution is -0.333. The average molecular weight is 1420 g/mol. The number of benzene rings is 5. The number of carbonyl (C=O) groups excluding carboxylic acids is 8. The number of primary amides is 1. The van der Waals surface area contributed by atoms with Crippen LogP contribution in [0.3, 0.4) is 0 Å². The molecule has 11 bridgehead atoms. The summed E-state index contributed by atoms with van der Waals surface area (Å²) >= 11 is 14.1. The Morgan fingerprint density at radius 2 is 1.33 bits per heavy atom. The Morgan fingerprint density at radius 3 is 1.93 bits per heavy atom. The number of fused-ring (bicyclic) bond motifs is 15. The van der Waals surface area contributed by atoms with Gasteiger partial charge < -0.3 is 128 Å². The number of aldehydes is 1. The van der Waals surface area contributed by atoms with E-state index in [4.69, 9.17) is 68.8 Å². The smallest absolute Gasteiger partial charge is 0.248 e. The molecule has 7 heterocycles. The number of aromatic hydroxyl groups is 3. The molecule has 2 saturated heterocycles. The summed E-state index contributed by atoms with van der Waals surface area (Å²) in [4.78, 5) is 116. The van der Waals surface area contributed by atoms with Crippen LogP contribution in [0.2, 0.25) is 10.0 Å². The van der Waals surface area contributed by atoms with Crippen LogP contribution in [-0.2, 0) is 52.6 Å². The maximum atomic E-state index is 16.0. The minimum absolute atomic E-state index is 0.0827. The van der Waals surface area contributed by atoms with E-state index < -0.39 is 214 Å². The summed E-state index contributed by atoms with van der Waals surface area (Å²) in [6, 6.07) is 0.0757. The summed E-state index contributed by atoms with van der Waals surface area (Å²) in [5.74, 6) is -13.8. The van der Waals surface area contributed by atoms with Gasteiger partial charge >= 0.3 is 0 Å². The summed E-state index contributed by atoms with van der Waals surface area (Å²) in [6.07, 6.45) is -18.3. The fourth-order valence-electron chi connectivity index (χ4n) is 12.2. The first-order valence-electron chi connectivity index (χ1n) is 31.0. The lowest BCUT2D eigenvalue weighted by atomic mass is 9.86. The predicted molar refractivity (Wildman–Crippen MR) is 343 cm³/mol. The molecular weight excluding hydrogens is 1350 g/mol. The molecule has 0 aromatic heterocycles. The van der Waals surface area contributed by atoms with Crippen LogP contribution in [0.25, 0.3) is 11.1 Å². The molecular formula is C65H73Cl2N9O23. The van der Waals surface area contributed by atoms with E-state index in [1.165, 1.54) is 32.0 Å². The van der Waals surface area contributed by atoms with Gasteiger partial charge in [-0.15, -0.1) is 0 Å². The van der Waals surface area contributed by atoms with E-state index in [0.29, 0.717) is 0 Å². The van der Waals surface area contributed by atoms with Crippen molar-refractivity contribution in [1.29, 1.82) is 0 Å². The van der Waals surface area contributed by atoms with Gasteiger partial charge in [-0.05, 0) is 109 Å². The van der Waals surface area contributed by atoms with Crippen molar-refractivity contribution in [2.24, 2.45) is 23.1 Å². The van der Waals surface area contributed by atoms with Crippen LogP contribution in [0.4, 0.5) is 0 Å². The number of rotatable bonds is 12. The van der Waals surface area contributed by atoms with Crippen molar-refractivity contribution < 1.29 is 113 Å². The Balaban J connectivity index is 1.24. The first-order valence-corrected chi connectivity index (χ1v) is 31.8. The Bertz CT molecular complexity index is 4000. The van der Waals surface area contributed by atoms with Gasteiger partial charge in [0.2, 0.25) is 53.4 Å². The number of aliphatic hydroxyl groups excluding tert-OH is 6. The van der Waals surface area contributed by atoms with Crippen LogP contribution in [0.15, 0.2) is 78.9 Å². The third-order valence-corrected chi connectivity index (χ3v) is 18.0. The summed E-state index contributed by atoms with van der Waals surface area (Å²) in [6.45, 7) is 5.57. The van der Waals surface area contributed by atoms with E-state index in [2.05, 4.69) is 31.9 Å². The standard InChI is InChI=1S/C65H73Cl2N9O23/c1-23(2)11-34(68)58(88)75-49-51(83)26-6-9-39(32(66)13-26)95-41-15-28-16-42(55(41)99-64-56(54(86)53(85)43(22-78)97-64)98-45-20-65(4,70)57(87)24(3)94-45)96-40-10-7-27(14-33(40)67)52(84)50-63(93)72-36(21-77)30-17-29(79)18-38(81)46(30)31-12-25(5-8-37(31)80)47(60(90)76-50)74-61(91)48(28)73-59(89)35(19-44(69)82)71-62(49)92/h5-10,12-18,21,23-24,34-36,43,45,47-54,56-57,64,78-81,83-87H,11,19-20,22,68,70H2,1-4H3,(H2,69,82)(H,71,92)(H,72,93)(H,73,89)(H,74,91)(H,75,88)(H,76,90)/t24?,34-,35+,36-,43?,45?,47-,48-,49-,50-,51-,52-,53?,54?,56?,57?,64?,65?/m1/s1. The maximum Gasteiger partial charge on any atom is 0.248 e. The number of phenolic OH excluding ortho intramolecular Hbond substituents is 3. The zero-order valence-corrected chi connectivity index (χ0v) is 54.5. The predicted octanol–water partition coefficient (Wildman–Crippen LogP) is -0.0402. The van der Waals surface area contributed by atoms with Crippen LogP contribution in [0, 0.1) is 5.92 Å². The largest absolute Gasteiger partial charge is 0.508 e. The normalized spacial score (nSPS) is 29.8. The van der Waals surface area contributed by atoms with Crippen molar-refractivity contribution in [3.8, 4) is 57.1 Å². The van der Waals surface area contributed by atoms with Crippen molar-refractivity contribution in [2.75, 3.05) is 6.61 Å². The van der Waals surface area contributed by atoms with Gasteiger partial charge in [0.05, 0.1) is 41.3 Å². The first kappa shape index (κ1) is 72.7. The molecule has 0 saturated carbocycles. The van der Waals surface area contributed by atoms with Crippen molar-refractivity contribution in [1.82, 2.24) is 31.9 Å². The number of phenols is 3. The molecule has 0 spiro atoms. The molecule has 99 heavy (non-hydrogen) atoms. The zero-order chi connectivity index (χ0) is 72.0. The van der Waals surface area contributed by atoms with E-state index in [-0.39, 0.29) is 69.4 Å². The van der Waals surface area contributed by atoms with Crippen LogP contribution >= 0.6 is 23.2 Å². The third-order valence-electron chi connectivity index (χ3n) is 17.4. The van der Waals surface area contributed by atoms with Crippen LogP contribution in [0.1, 0.15) is 105 Å². The van der Waals surface area contributed by atoms with Gasteiger partial charge in [-0.1, -0.05) is 55.2 Å². The van der Waals surface area contributed by atoms with Crippen molar-refractivity contribution >= 4 is 70.8 Å². The minimum Gasteiger partial charge on any atom is -0.508 e. The molecule has 530 valence electrons. The Labute approximate surface area is 572 Å². The Morgan fingerprint density at radius 1 is 0.727 bits per heavy atom. The number of aliphatic hydroxyl groups is 6. The second-order valence-corrected chi connectivity index (χ2v) is 26.1. The topological polar surface area (TPSA) is 524 Å². The van der Waals surface area contributed by atoms with Crippen molar-refractivity contribution in [3.05, 3.63) is 117 Å². The van der Waals surface area contributed by atoms with Gasteiger partial charge in [-0.3, -0.25) is 33.6 Å². The molecule has 9 unspecified atom stereocenters. The first-order chi connectivity index (χ1) is 46.7. The van der Waals surface area contributed by atoms with Gasteiger partial charge in [0.25, 0.3) is 0 Å². The monoisotopic (exact) mass is 1420 g/mol. The van der Waals surface area contributed by atoms with Crippen LogP contribution in [0.5, 0.6) is 46.0 Å². The molecule has 34 heteroatoms. The van der Waals surface area contributed by atoms with Crippen molar-refractivity contribution in [2.45, 2.75) is 156 Å². The summed E-state index contributed by atoms with van der Waals surface area (Å²) in [5.41, 5.74) is 14.8. The van der Waals surface area contributed by atoms with E-state index in [1.807, 2.05) is 0 Å². The van der Waals surface area contributed by atoms with Crippen molar-refractivity contribution in [3.63, 3.8) is 0 Å². The number of amides is 7. The molecule has 0 radical (unpaired) electrons. The molecule has 18 atom stereocenters. The summed E-state index contributed by atoms with van der Waals surface area (Å²) in [7, 11) is 0. The molecule has 21 N–H and O–H groups in total. The lowest BCUT2D eigenvalue weighted by Crippen LogP contribution is -2.64. The van der Waals surface area contributed by atoms with Crippen LogP contribution in [-0.4, -0.2) is 179 Å². The van der Waals surface area contributed by atoms with Gasteiger partial charge in [0.1, 0.15) is 102 Å². The van der Waals surface area contributed by atoms with Gasteiger partial charge in [0, 0.05) is 29.2 Å². The van der Waals surface area contributed by atoms with E-state index in [0.717, 1.165) is 60.7 Å². The SMILES string of the molecule is CC(C)C[C@@H](N)C(=O)N[C@H]1C(=O)N[C@@H](CC(N)=O)C(=O)N[C@H]2C(=O)N[C@H]3C(=O)N[C@@H](C(=O)N[C@H](C=O)c4cc(O)cc(O)c4-c4cc3ccc4O)[C@H](O)c3ccc(c(Cl)c3)Oc3cc2cc(c3OC2OC(CO)C(O)C(O)C2OC2CC(C)(N)C(O)C(C)O2)Oc2ccc(cc2Cl)[C@H]1O. The number of hydrogen-bond acceptors (Lipinski definition) is 25. The third kappa shape index (κ3) is 15.4. The minimum atomic E-state index is -2.32. The molecule has 7 aliphatic rings. The average Bonchev–Trinajstić information content (AvgIpc) is 0.772. The van der Waals surface area contributed by atoms with Gasteiger partial charge in [0.15, 0.2) is 23.9 Å². The maximum absolute atomic E-state index is 16.0. The number of ether oxygens (including phenoxy) is 6. The Hall–Kier alpha value is -9.00. The second-order valence-electron chi connectivity index (χ2n) is 25.3. The summed E-state index contributed by atoms with van der Waals surface area (Å²) < 4.78 is 38.3. The zero-order valence-electron chi connectivity index (χ0n) is 53.0. The molecule has 5 aromatic rings. The molecule has 2 fully saturated rings. The molecule has 12 rings (SSSR count). The van der Waals surface area contributed by atoms with Crippen LogP contribution < -0.4 is 63.3 Å². The van der Waals surface area contributed by atoms with E-state index in [1.54, 1.807) is 13.8 Å². The number of carbonyl (C=O) groups is 8. The summed E-state index contributed by atoms with van der Waals surface area (Å²) in [5, 5.41) is 117. The van der Waals surface area contributed by atoms with E-state index in [9.17, 15) is 69.9 Å². The quantitative estimate of drug-likeness (QED) is 0.0729. The lowest BCUT2D eigenvalue weighted by Gasteiger charge is -2.47. The highest BCUT2D eigenvalue weighted by atomic mass is 35.5. The number of halogens is 2. The fourth-order valence-corrected chi connectivity index (χ4v) is 12.7. The highest BCUT2D eigenvalue weighted by molar-refractivity contribution is 6.32. The molecule has 7 aliphatic heterocycles. The van der Waals surface area contributed by atoms with Gasteiger partial charge in [-0.2, -0.15) is 0 Å². The number of hydrogen-bond donors (Lipinski definition) is 18. The number of nitrogens with two attached hydrogens (primary N) is 3. The second kappa shape index (κ2) is 29.4. The fraction of sp³-hybridized carbons (Fsp3) is 0.415. The highest BCUT2D eigenvalue weighted by Crippen LogP contribution is 2.50. The molecule has 32 nitrogen and oxygen atoms in total. The Kier molecular flexibility index (Phi) is 21.6. The highest BCUT2D eigenvalue weighted by Gasteiger charge is 2.51.